The number of ether oxygens (including phenoxy) is 3. The molecule has 0 aliphatic heterocycles. The van der Waals surface area contributed by atoms with Crippen LogP contribution in [0.25, 0.3) is 0 Å². The number of methoxy groups -OCH3 is 2. The lowest BCUT2D eigenvalue weighted by Crippen LogP contribution is -2.31. The number of nitrogens with one attached hydrogen (secondary N) is 1. The molecule has 5 nitrogen and oxygen atoms in total. The topological polar surface area (TPSA) is 60.0 Å². The van der Waals surface area contributed by atoms with Crippen LogP contribution in [0.15, 0.2) is 18.2 Å². The third-order valence-corrected chi connectivity index (χ3v) is 3.37. The Kier molecular flexibility index (Phi) is 7.50. The van der Waals surface area contributed by atoms with Crippen molar-refractivity contribution in [2.45, 2.75) is 32.4 Å². The number of hydrogen-bond acceptors (Lipinski definition) is 5. The van der Waals surface area contributed by atoms with Crippen molar-refractivity contribution in [3.05, 3.63) is 23.8 Å². The van der Waals surface area contributed by atoms with Crippen molar-refractivity contribution in [1.29, 1.82) is 0 Å². The van der Waals surface area contributed by atoms with Crippen molar-refractivity contribution in [2.24, 2.45) is 0 Å². The minimum Gasteiger partial charge on any atom is -0.493 e. The van der Waals surface area contributed by atoms with Crippen molar-refractivity contribution >= 4 is 0 Å². The number of aliphatic hydroxyl groups is 1. The van der Waals surface area contributed by atoms with Gasteiger partial charge in [-0.25, -0.2) is 0 Å². The van der Waals surface area contributed by atoms with Crippen LogP contribution in [0.5, 0.6) is 11.5 Å². The highest BCUT2D eigenvalue weighted by Gasteiger charge is 2.20. The average Bonchev–Trinajstić information content (AvgIpc) is 2.49. The Balaban J connectivity index is 2.77. The normalized spacial score (nSPS) is 13.8. The lowest BCUT2D eigenvalue weighted by atomic mass is 10.1. The molecule has 0 saturated heterocycles. The van der Waals surface area contributed by atoms with E-state index < -0.39 is 5.60 Å². The summed E-state index contributed by atoms with van der Waals surface area (Å²) in [5, 5.41) is 13.4. The summed E-state index contributed by atoms with van der Waals surface area (Å²) in [7, 11) is 3.29. The predicted octanol–water partition coefficient (Wildman–Crippen LogP) is 1.97. The van der Waals surface area contributed by atoms with Crippen molar-refractivity contribution in [2.75, 3.05) is 34.0 Å². The summed E-state index contributed by atoms with van der Waals surface area (Å²) >= 11 is 0. The molecule has 0 bridgehead atoms. The molecule has 0 heterocycles. The van der Waals surface area contributed by atoms with Crippen LogP contribution in [0, 0.1) is 0 Å². The zero-order chi connectivity index (χ0) is 15.7. The van der Waals surface area contributed by atoms with E-state index in [2.05, 4.69) is 5.32 Å². The molecule has 1 atom stereocenters. The first kappa shape index (κ1) is 17.8. The second-order valence-corrected chi connectivity index (χ2v) is 5.26. The first-order valence-electron chi connectivity index (χ1n) is 7.24. The van der Waals surface area contributed by atoms with E-state index in [1.165, 1.54) is 0 Å². The lowest BCUT2D eigenvalue weighted by molar-refractivity contribution is 0.00742. The molecule has 0 aliphatic rings. The quantitative estimate of drug-likeness (QED) is 0.647. The van der Waals surface area contributed by atoms with E-state index in [1.807, 2.05) is 25.1 Å². The maximum Gasteiger partial charge on any atom is 0.165 e. The van der Waals surface area contributed by atoms with E-state index in [0.717, 1.165) is 12.1 Å². The van der Waals surface area contributed by atoms with Gasteiger partial charge >= 0.3 is 0 Å². The van der Waals surface area contributed by atoms with Crippen LogP contribution in [-0.2, 0) is 11.3 Å². The molecule has 5 heteroatoms. The molecule has 0 aliphatic carbocycles. The van der Waals surface area contributed by atoms with Gasteiger partial charge in [-0.05, 0) is 19.4 Å². The van der Waals surface area contributed by atoms with Gasteiger partial charge in [0, 0.05) is 25.8 Å². The van der Waals surface area contributed by atoms with Gasteiger partial charge in [0.2, 0.25) is 0 Å². The second kappa shape index (κ2) is 8.87. The van der Waals surface area contributed by atoms with Gasteiger partial charge in [0.15, 0.2) is 11.5 Å². The third kappa shape index (κ3) is 5.91. The fourth-order valence-corrected chi connectivity index (χ4v) is 1.75. The molecule has 0 radical (unpaired) electrons. The molecular formula is C16H27NO4. The minimum atomic E-state index is -0.846. The SMILES string of the molecule is CCC(C)(O)COc1c(CNCCOC)cccc1OC. The first-order valence-corrected chi connectivity index (χ1v) is 7.24. The van der Waals surface area contributed by atoms with Gasteiger partial charge in [-0.1, -0.05) is 19.1 Å². The molecule has 1 aromatic carbocycles. The van der Waals surface area contributed by atoms with Crippen LogP contribution in [0.3, 0.4) is 0 Å². The zero-order valence-electron chi connectivity index (χ0n) is 13.4. The van der Waals surface area contributed by atoms with Crippen molar-refractivity contribution in [1.82, 2.24) is 5.32 Å². The molecule has 1 unspecified atom stereocenters. The Hall–Kier alpha value is -1.30. The van der Waals surface area contributed by atoms with E-state index >= 15 is 0 Å². The van der Waals surface area contributed by atoms with E-state index in [4.69, 9.17) is 14.2 Å². The third-order valence-electron chi connectivity index (χ3n) is 3.37. The Morgan fingerprint density at radius 1 is 1.29 bits per heavy atom. The smallest absolute Gasteiger partial charge is 0.165 e. The van der Waals surface area contributed by atoms with Gasteiger partial charge in [-0.15, -0.1) is 0 Å². The summed E-state index contributed by atoms with van der Waals surface area (Å²) in [6.45, 7) is 6.00. The van der Waals surface area contributed by atoms with E-state index in [9.17, 15) is 5.11 Å². The van der Waals surface area contributed by atoms with Crippen LogP contribution in [-0.4, -0.2) is 44.7 Å². The molecular weight excluding hydrogens is 270 g/mol. The maximum atomic E-state index is 10.1. The summed E-state index contributed by atoms with van der Waals surface area (Å²) in [6.07, 6.45) is 0.629. The molecule has 0 saturated carbocycles. The highest BCUT2D eigenvalue weighted by Crippen LogP contribution is 2.32. The van der Waals surface area contributed by atoms with Crippen LogP contribution in [0.2, 0.25) is 0 Å². The summed E-state index contributed by atoms with van der Waals surface area (Å²) in [4.78, 5) is 0. The van der Waals surface area contributed by atoms with Gasteiger partial charge in [-0.3, -0.25) is 0 Å². The first-order chi connectivity index (χ1) is 10.0. The van der Waals surface area contributed by atoms with Gasteiger partial charge in [0.05, 0.1) is 19.3 Å². The van der Waals surface area contributed by atoms with E-state index in [-0.39, 0.29) is 6.61 Å². The largest absolute Gasteiger partial charge is 0.493 e. The average molecular weight is 297 g/mol. The number of rotatable bonds is 10. The molecule has 0 amide bonds. The molecule has 0 aromatic heterocycles. The Labute approximate surface area is 127 Å². The van der Waals surface area contributed by atoms with Crippen LogP contribution >= 0.6 is 0 Å². The summed E-state index contributed by atoms with van der Waals surface area (Å²) in [5.74, 6) is 1.35. The van der Waals surface area contributed by atoms with Crippen LogP contribution < -0.4 is 14.8 Å². The maximum absolute atomic E-state index is 10.1. The minimum absolute atomic E-state index is 0.231. The zero-order valence-corrected chi connectivity index (χ0v) is 13.4. The molecule has 0 fully saturated rings. The molecule has 21 heavy (non-hydrogen) atoms. The van der Waals surface area contributed by atoms with Gasteiger partial charge < -0.3 is 24.6 Å². The second-order valence-electron chi connectivity index (χ2n) is 5.26. The Bertz CT molecular complexity index is 421. The van der Waals surface area contributed by atoms with Gasteiger partial charge in [0.1, 0.15) is 6.61 Å². The predicted molar refractivity (Wildman–Crippen MR) is 83.0 cm³/mol. The fourth-order valence-electron chi connectivity index (χ4n) is 1.75. The molecule has 1 rings (SSSR count). The fraction of sp³-hybridized carbons (Fsp3) is 0.625. The van der Waals surface area contributed by atoms with Crippen LogP contribution in [0.4, 0.5) is 0 Å². The standard InChI is InChI=1S/C16H27NO4/c1-5-16(2,18)12-21-15-13(11-17-9-10-19-3)7-6-8-14(15)20-4/h6-8,17-18H,5,9-12H2,1-4H3. The highest BCUT2D eigenvalue weighted by molar-refractivity contribution is 5.46. The number of benzene rings is 1. The lowest BCUT2D eigenvalue weighted by Gasteiger charge is -2.23. The van der Waals surface area contributed by atoms with Crippen molar-refractivity contribution in [3.8, 4) is 11.5 Å². The highest BCUT2D eigenvalue weighted by atomic mass is 16.5. The Morgan fingerprint density at radius 3 is 2.67 bits per heavy atom. The molecule has 0 spiro atoms. The monoisotopic (exact) mass is 297 g/mol. The van der Waals surface area contributed by atoms with E-state index in [0.29, 0.717) is 31.1 Å². The van der Waals surface area contributed by atoms with Gasteiger partial charge in [0.25, 0.3) is 0 Å². The molecule has 120 valence electrons. The summed E-state index contributed by atoms with van der Waals surface area (Å²) in [6, 6.07) is 5.77. The van der Waals surface area contributed by atoms with Crippen molar-refractivity contribution < 1.29 is 19.3 Å². The molecule has 1 aromatic rings. The van der Waals surface area contributed by atoms with Crippen LogP contribution in [0.1, 0.15) is 25.8 Å². The number of para-hydroxylation sites is 1. The molecule has 2 N–H and O–H groups in total. The van der Waals surface area contributed by atoms with Crippen molar-refractivity contribution in [3.63, 3.8) is 0 Å². The summed E-state index contributed by atoms with van der Waals surface area (Å²) < 4.78 is 16.2. The number of hydrogen-bond donors (Lipinski definition) is 2. The van der Waals surface area contributed by atoms with Gasteiger partial charge in [-0.2, -0.15) is 0 Å². The Morgan fingerprint density at radius 2 is 2.05 bits per heavy atom. The summed E-state index contributed by atoms with van der Waals surface area (Å²) in [5.41, 5.74) is 0.152. The van der Waals surface area contributed by atoms with E-state index in [1.54, 1.807) is 21.1 Å².